The third kappa shape index (κ3) is 4.38. The molecule has 1 aromatic rings. The first-order chi connectivity index (χ1) is 7.71. The van der Waals surface area contributed by atoms with Gasteiger partial charge in [0.15, 0.2) is 0 Å². The van der Waals surface area contributed by atoms with Crippen molar-refractivity contribution in [3.05, 3.63) is 23.8 Å². The molecule has 1 aromatic carbocycles. The van der Waals surface area contributed by atoms with Gasteiger partial charge in [0.05, 0.1) is 14.2 Å². The number of carbonyl (C=O) groups excluding carboxylic acids is 1. The average Bonchev–Trinajstić information content (AvgIpc) is 2.35. The van der Waals surface area contributed by atoms with E-state index >= 15 is 0 Å². The fourth-order valence-corrected chi connectivity index (χ4v) is 1.22. The summed E-state index contributed by atoms with van der Waals surface area (Å²) in [6, 6.07) is 4.91. The summed E-state index contributed by atoms with van der Waals surface area (Å²) in [5.41, 5.74) is 2.82. The number of nitrogens with one attached hydrogen (secondary N) is 2. The summed E-state index contributed by atoms with van der Waals surface area (Å²) in [5.74, 6) is 6.29. The molecular weight excluding hydrogens is 246 g/mol. The van der Waals surface area contributed by atoms with Gasteiger partial charge in [0, 0.05) is 18.2 Å². The maximum Gasteiger partial charge on any atom is 0.329 e. The lowest BCUT2D eigenvalue weighted by atomic mass is 10.2. The van der Waals surface area contributed by atoms with E-state index in [9.17, 15) is 4.79 Å². The number of urea groups is 1. The van der Waals surface area contributed by atoms with E-state index in [1.165, 1.54) is 0 Å². The van der Waals surface area contributed by atoms with Gasteiger partial charge in [-0.15, -0.1) is 12.4 Å². The van der Waals surface area contributed by atoms with Crippen molar-refractivity contribution in [2.45, 2.75) is 6.54 Å². The van der Waals surface area contributed by atoms with Crippen LogP contribution in [0, 0.1) is 0 Å². The van der Waals surface area contributed by atoms with Gasteiger partial charge >= 0.3 is 6.03 Å². The summed E-state index contributed by atoms with van der Waals surface area (Å²) in [6.07, 6.45) is 0. The molecule has 0 aliphatic rings. The molecule has 96 valence electrons. The molecule has 0 unspecified atom stereocenters. The number of hydrogen-bond donors (Lipinski definition) is 3. The molecule has 7 heteroatoms. The van der Waals surface area contributed by atoms with Crippen molar-refractivity contribution in [1.29, 1.82) is 0 Å². The molecule has 0 radical (unpaired) electrons. The van der Waals surface area contributed by atoms with E-state index in [2.05, 4.69) is 5.32 Å². The van der Waals surface area contributed by atoms with Crippen LogP contribution in [0.25, 0.3) is 0 Å². The van der Waals surface area contributed by atoms with Crippen LogP contribution < -0.4 is 26.1 Å². The quantitative estimate of drug-likeness (QED) is 0.425. The van der Waals surface area contributed by atoms with Crippen molar-refractivity contribution < 1.29 is 14.3 Å². The second kappa shape index (κ2) is 7.59. The van der Waals surface area contributed by atoms with Gasteiger partial charge in [-0.1, -0.05) is 0 Å². The maximum absolute atomic E-state index is 10.9. The van der Waals surface area contributed by atoms with Crippen LogP contribution in [0.1, 0.15) is 5.56 Å². The molecule has 0 fully saturated rings. The number of ether oxygens (including phenoxy) is 2. The SMILES string of the molecule is COc1ccc(CNC(=O)NN)c(OC)c1.Cl. The van der Waals surface area contributed by atoms with Crippen molar-refractivity contribution >= 4 is 18.4 Å². The van der Waals surface area contributed by atoms with Crippen molar-refractivity contribution in [3.63, 3.8) is 0 Å². The first-order valence-electron chi connectivity index (χ1n) is 4.66. The Morgan fingerprint density at radius 2 is 2.06 bits per heavy atom. The van der Waals surface area contributed by atoms with Crippen molar-refractivity contribution in [3.8, 4) is 11.5 Å². The van der Waals surface area contributed by atoms with Crippen LogP contribution in [0.5, 0.6) is 11.5 Å². The monoisotopic (exact) mass is 261 g/mol. The number of carbonyl (C=O) groups is 1. The Morgan fingerprint density at radius 3 is 2.59 bits per heavy atom. The molecule has 1 rings (SSSR count). The zero-order chi connectivity index (χ0) is 12.0. The van der Waals surface area contributed by atoms with E-state index < -0.39 is 6.03 Å². The molecule has 0 bridgehead atoms. The molecule has 0 aromatic heterocycles. The molecular formula is C10H16ClN3O3. The standard InChI is InChI=1S/C10H15N3O3.ClH/c1-15-8-4-3-7(9(5-8)16-2)6-12-10(14)13-11;/h3-5H,6,11H2,1-2H3,(H2,12,13,14);1H. The summed E-state index contributed by atoms with van der Waals surface area (Å²) < 4.78 is 10.2. The van der Waals surface area contributed by atoms with Crippen LogP contribution in [0.2, 0.25) is 0 Å². The Morgan fingerprint density at radius 1 is 1.35 bits per heavy atom. The second-order valence-electron chi connectivity index (χ2n) is 3.00. The molecule has 0 spiro atoms. The molecule has 0 saturated carbocycles. The number of methoxy groups -OCH3 is 2. The lowest BCUT2D eigenvalue weighted by molar-refractivity contribution is 0.240. The predicted molar refractivity (Wildman–Crippen MR) is 66.4 cm³/mol. The molecule has 0 aliphatic heterocycles. The Bertz CT molecular complexity index is 374. The molecule has 0 atom stereocenters. The number of rotatable bonds is 4. The molecule has 6 nitrogen and oxygen atoms in total. The highest BCUT2D eigenvalue weighted by Gasteiger charge is 2.05. The predicted octanol–water partition coefficient (Wildman–Crippen LogP) is 0.798. The van der Waals surface area contributed by atoms with Crippen LogP contribution in [0.15, 0.2) is 18.2 Å². The van der Waals surface area contributed by atoms with Crippen LogP contribution in [-0.2, 0) is 6.54 Å². The molecule has 0 aliphatic carbocycles. The minimum atomic E-state index is -0.446. The summed E-state index contributed by atoms with van der Waals surface area (Å²) in [5, 5.41) is 2.56. The Balaban J connectivity index is 0.00000256. The van der Waals surface area contributed by atoms with Crippen LogP contribution >= 0.6 is 12.4 Å². The van der Waals surface area contributed by atoms with Crippen LogP contribution in [0.3, 0.4) is 0 Å². The number of amides is 2. The highest BCUT2D eigenvalue weighted by molar-refractivity contribution is 5.85. The lowest BCUT2D eigenvalue weighted by Crippen LogP contribution is -2.39. The van der Waals surface area contributed by atoms with Gasteiger partial charge < -0.3 is 14.8 Å². The minimum absolute atomic E-state index is 0. The maximum atomic E-state index is 10.9. The topological polar surface area (TPSA) is 85.6 Å². The molecule has 17 heavy (non-hydrogen) atoms. The molecule has 0 heterocycles. The molecule has 0 saturated heterocycles. The number of nitrogens with two attached hydrogens (primary N) is 1. The smallest absolute Gasteiger partial charge is 0.329 e. The van der Waals surface area contributed by atoms with Gasteiger partial charge in [-0.2, -0.15) is 0 Å². The van der Waals surface area contributed by atoms with E-state index in [0.717, 1.165) is 5.56 Å². The summed E-state index contributed by atoms with van der Waals surface area (Å²) in [6.45, 7) is 0.330. The Labute approximate surface area is 106 Å². The normalized spacial score (nSPS) is 8.88. The minimum Gasteiger partial charge on any atom is -0.497 e. The van der Waals surface area contributed by atoms with Gasteiger partial charge in [-0.25, -0.2) is 10.6 Å². The second-order valence-corrected chi connectivity index (χ2v) is 3.00. The first kappa shape index (κ1) is 15.3. The van der Waals surface area contributed by atoms with Crippen LogP contribution in [0.4, 0.5) is 4.79 Å². The molecule has 2 amide bonds. The summed E-state index contributed by atoms with van der Waals surface area (Å²) >= 11 is 0. The van der Waals surface area contributed by atoms with Gasteiger partial charge in [0.2, 0.25) is 0 Å². The Kier molecular flexibility index (Phi) is 6.85. The van der Waals surface area contributed by atoms with Crippen molar-refractivity contribution in [2.24, 2.45) is 5.84 Å². The highest BCUT2D eigenvalue weighted by Crippen LogP contribution is 2.24. The fourth-order valence-electron chi connectivity index (χ4n) is 1.22. The number of hydrazine groups is 1. The van der Waals surface area contributed by atoms with E-state index in [1.807, 2.05) is 11.5 Å². The van der Waals surface area contributed by atoms with Gasteiger partial charge in [0.1, 0.15) is 11.5 Å². The number of hydrogen-bond acceptors (Lipinski definition) is 4. The third-order valence-electron chi connectivity index (χ3n) is 2.06. The van der Waals surface area contributed by atoms with E-state index in [4.69, 9.17) is 15.3 Å². The van der Waals surface area contributed by atoms with Gasteiger partial charge in [-0.05, 0) is 12.1 Å². The van der Waals surface area contributed by atoms with Gasteiger partial charge in [-0.3, -0.25) is 5.43 Å². The largest absolute Gasteiger partial charge is 0.497 e. The summed E-state index contributed by atoms with van der Waals surface area (Å²) in [7, 11) is 3.13. The lowest BCUT2D eigenvalue weighted by Gasteiger charge is -2.10. The van der Waals surface area contributed by atoms with Gasteiger partial charge in [0.25, 0.3) is 0 Å². The molecule has 4 N–H and O–H groups in total. The highest BCUT2D eigenvalue weighted by atomic mass is 35.5. The summed E-state index contributed by atoms with van der Waals surface area (Å²) in [4.78, 5) is 10.9. The number of benzene rings is 1. The number of halogens is 1. The van der Waals surface area contributed by atoms with Crippen molar-refractivity contribution in [2.75, 3.05) is 14.2 Å². The third-order valence-corrected chi connectivity index (χ3v) is 2.06. The van der Waals surface area contributed by atoms with E-state index in [-0.39, 0.29) is 12.4 Å². The van der Waals surface area contributed by atoms with E-state index in [0.29, 0.717) is 18.0 Å². The van der Waals surface area contributed by atoms with E-state index in [1.54, 1.807) is 26.4 Å². The fraction of sp³-hybridized carbons (Fsp3) is 0.300. The average molecular weight is 262 g/mol. The van der Waals surface area contributed by atoms with Crippen LogP contribution in [-0.4, -0.2) is 20.3 Å². The zero-order valence-electron chi connectivity index (χ0n) is 9.65. The first-order valence-corrected chi connectivity index (χ1v) is 4.66. The Hall–Kier alpha value is -1.66. The van der Waals surface area contributed by atoms with Crippen molar-refractivity contribution in [1.82, 2.24) is 10.7 Å². The zero-order valence-corrected chi connectivity index (χ0v) is 10.5.